The van der Waals surface area contributed by atoms with Crippen LogP contribution in [-0.4, -0.2) is 36.9 Å². The maximum Gasteiger partial charge on any atom is 0.242 e. The zero-order valence-electron chi connectivity index (χ0n) is 11.8. The molecule has 0 aliphatic carbocycles. The topological polar surface area (TPSA) is 64.4 Å². The lowest BCUT2D eigenvalue weighted by Crippen LogP contribution is -2.43. The normalized spacial score (nSPS) is 13.6. The van der Waals surface area contributed by atoms with Gasteiger partial charge in [0.05, 0.1) is 12.5 Å². The van der Waals surface area contributed by atoms with E-state index < -0.39 is 0 Å². The molecule has 2 amide bonds. The summed E-state index contributed by atoms with van der Waals surface area (Å²) >= 11 is 3.42. The molecule has 0 spiro atoms. The molecule has 0 fully saturated rings. The second-order valence-corrected chi connectivity index (χ2v) is 5.89. The molecule has 0 aromatic heterocycles. The fourth-order valence-electron chi connectivity index (χ4n) is 2.30. The Bertz CT molecular complexity index is 609. The number of hydrogen-bond acceptors (Lipinski definition) is 3. The molecule has 1 aliphatic rings. The highest BCUT2D eigenvalue weighted by molar-refractivity contribution is 9.10. The highest BCUT2D eigenvalue weighted by Crippen LogP contribution is 2.30. The van der Waals surface area contributed by atoms with Crippen molar-refractivity contribution in [2.24, 2.45) is 0 Å². The lowest BCUT2D eigenvalue weighted by molar-refractivity contribution is -0.130. The molecule has 0 unspecified atom stereocenters. The minimum Gasteiger partial charge on any atom is -0.343 e. The third-order valence-corrected chi connectivity index (χ3v) is 4.01. The number of nitriles is 1. The second kappa shape index (κ2) is 6.72. The largest absolute Gasteiger partial charge is 0.343 e. The molecular weight excluding hydrogens is 334 g/mol. The molecule has 0 saturated carbocycles. The van der Waals surface area contributed by atoms with Crippen LogP contribution in [-0.2, 0) is 16.0 Å². The number of rotatable bonds is 4. The van der Waals surface area contributed by atoms with Gasteiger partial charge in [0.1, 0.15) is 6.54 Å². The molecular formula is C15H16BrN3O2. The summed E-state index contributed by atoms with van der Waals surface area (Å²) < 4.78 is 0.966. The third kappa shape index (κ3) is 3.61. The van der Waals surface area contributed by atoms with E-state index in [9.17, 15) is 9.59 Å². The Kier molecular flexibility index (Phi) is 4.97. The van der Waals surface area contributed by atoms with Crippen LogP contribution in [0.1, 0.15) is 18.4 Å². The predicted molar refractivity (Wildman–Crippen MR) is 82.7 cm³/mol. The number of carbonyl (C=O) groups is 2. The first kappa shape index (κ1) is 15.5. The van der Waals surface area contributed by atoms with Gasteiger partial charge in [-0.1, -0.05) is 15.9 Å². The van der Waals surface area contributed by atoms with Gasteiger partial charge >= 0.3 is 0 Å². The van der Waals surface area contributed by atoms with Crippen molar-refractivity contribution in [3.05, 3.63) is 28.2 Å². The van der Waals surface area contributed by atoms with Gasteiger partial charge in [-0.15, -0.1) is 0 Å². The Hall–Kier alpha value is -1.87. The monoisotopic (exact) mass is 349 g/mol. The Morgan fingerprint density at radius 2 is 2.24 bits per heavy atom. The number of halogens is 1. The number of carbonyl (C=O) groups excluding carboxylic acids is 2. The van der Waals surface area contributed by atoms with Gasteiger partial charge in [-0.25, -0.2) is 0 Å². The third-order valence-electron chi connectivity index (χ3n) is 3.52. The molecule has 0 atom stereocenters. The van der Waals surface area contributed by atoms with E-state index in [1.807, 2.05) is 24.3 Å². The van der Waals surface area contributed by atoms with Crippen LogP contribution in [0.5, 0.6) is 0 Å². The van der Waals surface area contributed by atoms with Crippen LogP contribution in [0.4, 0.5) is 5.69 Å². The first-order valence-electron chi connectivity index (χ1n) is 6.72. The maximum absolute atomic E-state index is 12.2. The van der Waals surface area contributed by atoms with Crippen LogP contribution < -0.4 is 4.90 Å². The molecule has 1 aliphatic heterocycles. The summed E-state index contributed by atoms with van der Waals surface area (Å²) in [5.41, 5.74) is 1.87. The van der Waals surface area contributed by atoms with Crippen molar-refractivity contribution in [2.45, 2.75) is 19.3 Å². The Labute approximate surface area is 132 Å². The van der Waals surface area contributed by atoms with Crippen LogP contribution in [0, 0.1) is 11.3 Å². The molecule has 1 aromatic rings. The van der Waals surface area contributed by atoms with Crippen LogP contribution in [0.25, 0.3) is 0 Å². The smallest absolute Gasteiger partial charge is 0.242 e. The number of amides is 2. The van der Waals surface area contributed by atoms with E-state index in [1.54, 1.807) is 7.05 Å². The zero-order valence-corrected chi connectivity index (χ0v) is 13.4. The number of fused-ring (bicyclic) bond motifs is 1. The summed E-state index contributed by atoms with van der Waals surface area (Å²) in [6.07, 6.45) is 1.40. The van der Waals surface area contributed by atoms with Crippen molar-refractivity contribution in [1.82, 2.24) is 4.90 Å². The second-order valence-electron chi connectivity index (χ2n) is 4.98. The molecule has 0 N–H and O–H groups in total. The quantitative estimate of drug-likeness (QED) is 0.835. The Morgan fingerprint density at radius 3 is 2.95 bits per heavy atom. The standard InChI is InChI=1S/C15H16BrN3O2/c1-18(8-2-7-17)15(21)10-19-13-5-4-12(16)9-11(13)3-6-14(19)20/h4-5,9H,2-3,6,8,10H2,1H3. The first-order chi connectivity index (χ1) is 10.0. The number of anilines is 1. The average Bonchev–Trinajstić information content (AvgIpc) is 2.47. The van der Waals surface area contributed by atoms with E-state index in [-0.39, 0.29) is 18.4 Å². The number of likely N-dealkylation sites (N-methyl/N-ethyl adjacent to an activating group) is 1. The van der Waals surface area contributed by atoms with Crippen molar-refractivity contribution < 1.29 is 9.59 Å². The van der Waals surface area contributed by atoms with Crippen molar-refractivity contribution in [2.75, 3.05) is 25.0 Å². The summed E-state index contributed by atoms with van der Waals surface area (Å²) in [7, 11) is 1.65. The molecule has 110 valence electrons. The molecule has 5 nitrogen and oxygen atoms in total. The van der Waals surface area contributed by atoms with Gasteiger partial charge in [-0.2, -0.15) is 5.26 Å². The van der Waals surface area contributed by atoms with Crippen molar-refractivity contribution >= 4 is 33.4 Å². The van der Waals surface area contributed by atoms with E-state index in [2.05, 4.69) is 15.9 Å². The highest BCUT2D eigenvalue weighted by atomic mass is 79.9. The van der Waals surface area contributed by atoms with Gasteiger partial charge in [0.2, 0.25) is 11.8 Å². The van der Waals surface area contributed by atoms with Gasteiger partial charge in [0.25, 0.3) is 0 Å². The minimum atomic E-state index is -0.158. The van der Waals surface area contributed by atoms with Crippen molar-refractivity contribution in [3.63, 3.8) is 0 Å². The summed E-state index contributed by atoms with van der Waals surface area (Å²) in [6, 6.07) is 7.72. The average molecular weight is 350 g/mol. The summed E-state index contributed by atoms with van der Waals surface area (Å²) in [6.45, 7) is 0.403. The lowest BCUT2D eigenvalue weighted by atomic mass is 10.0. The number of benzene rings is 1. The predicted octanol–water partition coefficient (Wildman–Crippen LogP) is 2.10. The molecule has 2 rings (SSSR count). The Morgan fingerprint density at radius 1 is 1.48 bits per heavy atom. The van der Waals surface area contributed by atoms with E-state index in [0.29, 0.717) is 25.8 Å². The SMILES string of the molecule is CN(CCC#N)C(=O)CN1C(=O)CCc2cc(Br)ccc21. The van der Waals surface area contributed by atoms with E-state index in [4.69, 9.17) is 5.26 Å². The Balaban J connectivity index is 2.15. The molecule has 1 heterocycles. The summed E-state index contributed by atoms with van der Waals surface area (Å²) in [5, 5.41) is 8.56. The van der Waals surface area contributed by atoms with Crippen LogP contribution >= 0.6 is 15.9 Å². The highest BCUT2D eigenvalue weighted by Gasteiger charge is 2.26. The maximum atomic E-state index is 12.2. The number of aryl methyl sites for hydroxylation is 1. The fourth-order valence-corrected chi connectivity index (χ4v) is 2.71. The number of nitrogens with zero attached hydrogens (tertiary/aromatic N) is 3. The molecule has 21 heavy (non-hydrogen) atoms. The van der Waals surface area contributed by atoms with Crippen molar-refractivity contribution in [3.8, 4) is 6.07 Å². The van der Waals surface area contributed by atoms with E-state index in [1.165, 1.54) is 9.80 Å². The fraction of sp³-hybridized carbons (Fsp3) is 0.400. The van der Waals surface area contributed by atoms with Gasteiger partial charge in [0.15, 0.2) is 0 Å². The van der Waals surface area contributed by atoms with Crippen molar-refractivity contribution in [1.29, 1.82) is 5.26 Å². The van der Waals surface area contributed by atoms with Crippen LogP contribution in [0.2, 0.25) is 0 Å². The van der Waals surface area contributed by atoms with Gasteiger partial charge in [-0.05, 0) is 30.2 Å². The van der Waals surface area contributed by atoms with E-state index >= 15 is 0 Å². The molecule has 6 heteroatoms. The number of hydrogen-bond donors (Lipinski definition) is 0. The first-order valence-corrected chi connectivity index (χ1v) is 7.52. The van der Waals surface area contributed by atoms with Gasteiger partial charge in [-0.3, -0.25) is 9.59 Å². The van der Waals surface area contributed by atoms with Crippen LogP contribution in [0.15, 0.2) is 22.7 Å². The van der Waals surface area contributed by atoms with Gasteiger partial charge < -0.3 is 9.80 Å². The molecule has 0 radical (unpaired) electrons. The summed E-state index contributed by atoms with van der Waals surface area (Å²) in [5.74, 6) is -0.193. The van der Waals surface area contributed by atoms with Crippen LogP contribution in [0.3, 0.4) is 0 Å². The zero-order chi connectivity index (χ0) is 15.4. The van der Waals surface area contributed by atoms with E-state index in [0.717, 1.165) is 15.7 Å². The molecule has 0 bridgehead atoms. The minimum absolute atomic E-state index is 0.0232. The lowest BCUT2D eigenvalue weighted by Gasteiger charge is -2.30. The molecule has 1 aromatic carbocycles. The van der Waals surface area contributed by atoms with Gasteiger partial charge in [0, 0.05) is 30.2 Å². The molecule has 0 saturated heterocycles. The summed E-state index contributed by atoms with van der Waals surface area (Å²) in [4.78, 5) is 27.3.